The molecule has 3 heterocycles. The average Bonchev–Trinajstić information content (AvgIpc) is 3.33. The molecule has 0 radical (unpaired) electrons. The van der Waals surface area contributed by atoms with Crippen molar-refractivity contribution in [2.45, 2.75) is 11.0 Å². The molecule has 0 saturated heterocycles. The van der Waals surface area contributed by atoms with Gasteiger partial charge in [-0.15, -0.1) is 10.2 Å². The summed E-state index contributed by atoms with van der Waals surface area (Å²) in [7, 11) is 0. The van der Waals surface area contributed by atoms with Gasteiger partial charge in [-0.3, -0.25) is 0 Å². The van der Waals surface area contributed by atoms with Crippen molar-refractivity contribution in [1.29, 1.82) is 0 Å². The summed E-state index contributed by atoms with van der Waals surface area (Å²) in [5, 5.41) is 12.3. The number of hydrogen-bond donors (Lipinski definition) is 0. The number of benzene rings is 1. The van der Waals surface area contributed by atoms with Gasteiger partial charge in [0.15, 0.2) is 5.76 Å². The minimum atomic E-state index is 0.341. The lowest BCUT2D eigenvalue weighted by Gasteiger charge is -1.91. The van der Waals surface area contributed by atoms with Crippen LogP contribution in [0.25, 0.3) is 23.0 Å². The molecular formula is C15H10N4O3S. The largest absolute Gasteiger partial charge is 0.459 e. The Morgan fingerprint density at radius 3 is 2.74 bits per heavy atom. The summed E-state index contributed by atoms with van der Waals surface area (Å²) in [6.45, 7) is 0. The van der Waals surface area contributed by atoms with Crippen LogP contribution in [0.3, 0.4) is 0 Å². The van der Waals surface area contributed by atoms with E-state index >= 15 is 0 Å². The summed E-state index contributed by atoms with van der Waals surface area (Å²) in [6, 6.07) is 13.2. The van der Waals surface area contributed by atoms with Gasteiger partial charge in [-0.2, -0.15) is 4.98 Å². The highest BCUT2D eigenvalue weighted by atomic mass is 32.2. The molecule has 0 amide bonds. The monoisotopic (exact) mass is 326 g/mol. The summed E-state index contributed by atoms with van der Waals surface area (Å²) in [4.78, 5) is 4.35. The molecule has 114 valence electrons. The molecule has 0 aliphatic carbocycles. The van der Waals surface area contributed by atoms with Crippen LogP contribution in [-0.2, 0) is 5.75 Å². The van der Waals surface area contributed by atoms with Crippen LogP contribution in [0.5, 0.6) is 0 Å². The van der Waals surface area contributed by atoms with Crippen LogP contribution in [-0.4, -0.2) is 20.3 Å². The Morgan fingerprint density at radius 1 is 1.00 bits per heavy atom. The zero-order valence-electron chi connectivity index (χ0n) is 11.7. The van der Waals surface area contributed by atoms with Gasteiger partial charge < -0.3 is 13.4 Å². The van der Waals surface area contributed by atoms with E-state index in [0.717, 1.165) is 5.56 Å². The number of nitrogens with zero attached hydrogens (tertiary/aromatic N) is 4. The molecule has 23 heavy (non-hydrogen) atoms. The highest BCUT2D eigenvalue weighted by Crippen LogP contribution is 2.26. The average molecular weight is 326 g/mol. The second-order valence-corrected chi connectivity index (χ2v) is 5.44. The van der Waals surface area contributed by atoms with Crippen LogP contribution in [0.2, 0.25) is 0 Å². The molecule has 0 aliphatic rings. The molecule has 4 rings (SSSR count). The first kappa shape index (κ1) is 13.8. The van der Waals surface area contributed by atoms with Crippen LogP contribution < -0.4 is 0 Å². The third-order valence-electron chi connectivity index (χ3n) is 2.96. The number of hydrogen-bond acceptors (Lipinski definition) is 8. The van der Waals surface area contributed by atoms with E-state index in [4.69, 9.17) is 13.4 Å². The van der Waals surface area contributed by atoms with Gasteiger partial charge in [0.2, 0.25) is 11.7 Å². The molecule has 0 N–H and O–H groups in total. The van der Waals surface area contributed by atoms with E-state index in [-0.39, 0.29) is 0 Å². The van der Waals surface area contributed by atoms with Crippen molar-refractivity contribution in [3.05, 3.63) is 54.6 Å². The SMILES string of the molecule is c1ccc(-c2noc(CSc3nnc(-c4ccco4)o3)n2)cc1. The molecule has 0 spiro atoms. The van der Waals surface area contributed by atoms with Crippen molar-refractivity contribution < 1.29 is 13.4 Å². The van der Waals surface area contributed by atoms with Crippen LogP contribution in [0.15, 0.2) is 67.3 Å². The van der Waals surface area contributed by atoms with Gasteiger partial charge in [-0.05, 0) is 12.1 Å². The molecule has 0 atom stereocenters. The quantitative estimate of drug-likeness (QED) is 0.513. The van der Waals surface area contributed by atoms with Crippen molar-refractivity contribution in [2.75, 3.05) is 0 Å². The minimum Gasteiger partial charge on any atom is -0.459 e. The van der Waals surface area contributed by atoms with Crippen molar-refractivity contribution in [3.63, 3.8) is 0 Å². The lowest BCUT2D eigenvalue weighted by molar-refractivity contribution is 0.390. The Hall–Kier alpha value is -2.87. The Morgan fingerprint density at radius 2 is 1.91 bits per heavy atom. The van der Waals surface area contributed by atoms with Gasteiger partial charge in [-0.1, -0.05) is 47.3 Å². The second-order valence-electron chi connectivity index (χ2n) is 4.52. The van der Waals surface area contributed by atoms with Gasteiger partial charge in [0, 0.05) is 5.56 Å². The smallest absolute Gasteiger partial charge is 0.284 e. The third kappa shape index (κ3) is 3.02. The summed E-state index contributed by atoms with van der Waals surface area (Å²) >= 11 is 1.32. The summed E-state index contributed by atoms with van der Waals surface area (Å²) in [5.41, 5.74) is 0.908. The zero-order chi connectivity index (χ0) is 15.5. The van der Waals surface area contributed by atoms with E-state index in [9.17, 15) is 0 Å². The van der Waals surface area contributed by atoms with Crippen molar-refractivity contribution in [2.24, 2.45) is 0 Å². The van der Waals surface area contributed by atoms with E-state index in [2.05, 4.69) is 20.3 Å². The molecule has 0 unspecified atom stereocenters. The molecule has 0 aliphatic heterocycles. The lowest BCUT2D eigenvalue weighted by Crippen LogP contribution is -1.82. The molecule has 3 aromatic heterocycles. The van der Waals surface area contributed by atoms with E-state index in [1.807, 2.05) is 30.3 Å². The fraction of sp³-hybridized carbons (Fsp3) is 0.0667. The Bertz CT molecular complexity index is 887. The molecule has 0 fully saturated rings. The topological polar surface area (TPSA) is 91.0 Å². The first-order valence-electron chi connectivity index (χ1n) is 6.77. The van der Waals surface area contributed by atoms with E-state index in [1.165, 1.54) is 11.8 Å². The van der Waals surface area contributed by atoms with E-state index in [1.54, 1.807) is 18.4 Å². The van der Waals surface area contributed by atoms with Gasteiger partial charge in [-0.25, -0.2) is 0 Å². The minimum absolute atomic E-state index is 0.341. The maximum atomic E-state index is 5.50. The summed E-state index contributed by atoms with van der Waals surface area (Å²) in [6.07, 6.45) is 1.55. The van der Waals surface area contributed by atoms with Crippen LogP contribution in [0.1, 0.15) is 5.89 Å². The second kappa shape index (κ2) is 6.09. The standard InChI is InChI=1S/C15H10N4O3S/c1-2-5-10(6-3-1)13-16-12(22-19-13)9-23-15-18-17-14(21-15)11-7-4-8-20-11/h1-8H,9H2. The number of rotatable bonds is 5. The Kier molecular flexibility index (Phi) is 3.65. The van der Waals surface area contributed by atoms with Gasteiger partial charge in [0.05, 0.1) is 12.0 Å². The zero-order valence-corrected chi connectivity index (χ0v) is 12.6. The van der Waals surface area contributed by atoms with Gasteiger partial charge in [0.25, 0.3) is 11.1 Å². The maximum absolute atomic E-state index is 5.50. The van der Waals surface area contributed by atoms with Crippen LogP contribution in [0, 0.1) is 0 Å². The Labute approximate surface area is 134 Å². The summed E-state index contributed by atoms with van der Waals surface area (Å²) < 4.78 is 15.9. The van der Waals surface area contributed by atoms with Gasteiger partial charge in [0.1, 0.15) is 0 Å². The highest BCUT2D eigenvalue weighted by molar-refractivity contribution is 7.98. The van der Waals surface area contributed by atoms with Crippen molar-refractivity contribution in [3.8, 4) is 23.0 Å². The molecule has 7 nitrogen and oxygen atoms in total. The number of aromatic nitrogens is 4. The molecule has 4 aromatic rings. The summed E-state index contributed by atoms with van der Waals surface area (Å²) in [5.74, 6) is 2.37. The van der Waals surface area contributed by atoms with Gasteiger partial charge >= 0.3 is 0 Å². The van der Waals surface area contributed by atoms with Crippen molar-refractivity contribution >= 4 is 11.8 Å². The molecule has 8 heteroatoms. The normalized spacial score (nSPS) is 11.0. The van der Waals surface area contributed by atoms with Crippen LogP contribution in [0.4, 0.5) is 0 Å². The van der Waals surface area contributed by atoms with E-state index < -0.39 is 0 Å². The van der Waals surface area contributed by atoms with E-state index in [0.29, 0.717) is 34.3 Å². The fourth-order valence-corrected chi connectivity index (χ4v) is 2.51. The Balaban J connectivity index is 1.43. The lowest BCUT2D eigenvalue weighted by atomic mass is 10.2. The van der Waals surface area contributed by atoms with Crippen LogP contribution >= 0.6 is 11.8 Å². The third-order valence-corrected chi connectivity index (χ3v) is 3.76. The predicted octanol–water partition coefficient (Wildman–Crippen LogP) is 3.67. The number of thioether (sulfide) groups is 1. The van der Waals surface area contributed by atoms with Crippen molar-refractivity contribution in [1.82, 2.24) is 20.3 Å². The first-order chi connectivity index (χ1) is 11.4. The predicted molar refractivity (Wildman–Crippen MR) is 81.3 cm³/mol. The molecule has 0 bridgehead atoms. The highest BCUT2D eigenvalue weighted by Gasteiger charge is 2.14. The number of furan rings is 1. The first-order valence-corrected chi connectivity index (χ1v) is 7.75. The maximum Gasteiger partial charge on any atom is 0.284 e. The molecule has 1 aromatic carbocycles. The fourth-order valence-electron chi connectivity index (χ4n) is 1.91. The molecule has 0 saturated carbocycles. The molecular weight excluding hydrogens is 316 g/mol.